The van der Waals surface area contributed by atoms with Gasteiger partial charge in [-0.15, -0.1) is 0 Å². The lowest BCUT2D eigenvalue weighted by Gasteiger charge is -2.38. The second-order valence-corrected chi connectivity index (χ2v) is 5.10. The summed E-state index contributed by atoms with van der Waals surface area (Å²) in [5.74, 6) is -0.0411. The highest BCUT2D eigenvalue weighted by atomic mass is 79.9. The van der Waals surface area contributed by atoms with Crippen LogP contribution in [0.15, 0.2) is 21.4 Å². The molecule has 0 saturated carbocycles. The Kier molecular flexibility index (Phi) is 4.42. The third-order valence-electron chi connectivity index (χ3n) is 3.38. The number of rotatable bonds is 3. The number of nitrogens with two attached hydrogens (primary N) is 1. The Bertz CT molecular complexity index is 421. The van der Waals surface area contributed by atoms with Gasteiger partial charge in [0.05, 0.1) is 17.9 Å². The van der Waals surface area contributed by atoms with Gasteiger partial charge in [0, 0.05) is 26.2 Å². The summed E-state index contributed by atoms with van der Waals surface area (Å²) in [6.07, 6.45) is 3.31. The zero-order valence-electron chi connectivity index (χ0n) is 10.3. The van der Waals surface area contributed by atoms with Gasteiger partial charge in [-0.25, -0.2) is 0 Å². The number of ether oxygens (including phenoxy) is 1. The van der Waals surface area contributed by atoms with E-state index in [9.17, 15) is 4.79 Å². The molecule has 1 fully saturated rings. The summed E-state index contributed by atoms with van der Waals surface area (Å²) in [5.41, 5.74) is 6.30. The van der Waals surface area contributed by atoms with Gasteiger partial charge in [0.25, 0.3) is 5.91 Å². The van der Waals surface area contributed by atoms with Gasteiger partial charge in [0.1, 0.15) is 0 Å². The lowest BCUT2D eigenvalue weighted by molar-refractivity contribution is 0.0138. The molecule has 2 unspecified atom stereocenters. The number of nitrogens with zero attached hydrogens (tertiary/aromatic N) is 1. The average molecular weight is 317 g/mol. The van der Waals surface area contributed by atoms with Crippen molar-refractivity contribution in [1.29, 1.82) is 0 Å². The van der Waals surface area contributed by atoms with E-state index in [2.05, 4.69) is 15.9 Å². The van der Waals surface area contributed by atoms with E-state index in [1.165, 1.54) is 6.26 Å². The minimum Gasteiger partial charge on any atom is -0.457 e. The highest BCUT2D eigenvalue weighted by Gasteiger charge is 2.32. The normalized spacial score (nSPS) is 24.3. The first kappa shape index (κ1) is 13.6. The van der Waals surface area contributed by atoms with Crippen LogP contribution in [0.1, 0.15) is 23.2 Å². The predicted molar refractivity (Wildman–Crippen MR) is 70.3 cm³/mol. The number of hydrogen-bond acceptors (Lipinski definition) is 4. The summed E-state index contributed by atoms with van der Waals surface area (Å²) in [7, 11) is 1.70. The van der Waals surface area contributed by atoms with Crippen molar-refractivity contribution in [3.63, 3.8) is 0 Å². The third-order valence-corrected chi connectivity index (χ3v) is 4.00. The van der Waals surface area contributed by atoms with Crippen molar-refractivity contribution in [1.82, 2.24) is 4.90 Å². The van der Waals surface area contributed by atoms with Crippen LogP contribution in [-0.4, -0.2) is 43.2 Å². The molecule has 1 saturated heterocycles. The molecule has 18 heavy (non-hydrogen) atoms. The fraction of sp³-hybridized carbons (Fsp3) is 0.583. The van der Waals surface area contributed by atoms with Crippen LogP contribution in [-0.2, 0) is 4.74 Å². The van der Waals surface area contributed by atoms with Crippen molar-refractivity contribution in [2.45, 2.75) is 25.0 Å². The second kappa shape index (κ2) is 5.86. The van der Waals surface area contributed by atoms with E-state index < -0.39 is 0 Å². The van der Waals surface area contributed by atoms with E-state index in [-0.39, 0.29) is 18.1 Å². The van der Waals surface area contributed by atoms with Crippen LogP contribution in [0, 0.1) is 0 Å². The molecule has 1 aromatic heterocycles. The zero-order valence-corrected chi connectivity index (χ0v) is 11.9. The maximum atomic E-state index is 12.4. The number of carbonyl (C=O) groups is 1. The van der Waals surface area contributed by atoms with Crippen molar-refractivity contribution < 1.29 is 13.9 Å². The lowest BCUT2D eigenvalue weighted by atomic mass is 9.98. The number of likely N-dealkylation sites (tertiary alicyclic amines) is 1. The molecule has 2 rings (SSSR count). The second-order valence-electron chi connectivity index (χ2n) is 4.38. The molecular weight excluding hydrogens is 300 g/mol. The Morgan fingerprint density at radius 1 is 1.72 bits per heavy atom. The first-order valence-electron chi connectivity index (χ1n) is 5.94. The molecule has 0 radical (unpaired) electrons. The van der Waals surface area contributed by atoms with Crippen molar-refractivity contribution in [3.05, 3.63) is 22.6 Å². The monoisotopic (exact) mass is 316 g/mol. The summed E-state index contributed by atoms with van der Waals surface area (Å²) in [6, 6.07) is 1.69. The molecule has 0 aromatic carbocycles. The van der Waals surface area contributed by atoms with Gasteiger partial charge < -0.3 is 19.8 Å². The summed E-state index contributed by atoms with van der Waals surface area (Å²) >= 11 is 3.23. The Labute approximate surface area is 114 Å². The Balaban J connectivity index is 2.13. The molecule has 0 aliphatic carbocycles. The SMILES string of the molecule is COC1CCN(C(=O)c2ccoc2Br)C(CN)C1. The van der Waals surface area contributed by atoms with E-state index in [0.717, 1.165) is 12.8 Å². The van der Waals surface area contributed by atoms with Crippen LogP contribution in [0.5, 0.6) is 0 Å². The van der Waals surface area contributed by atoms with Gasteiger partial charge in [-0.2, -0.15) is 0 Å². The van der Waals surface area contributed by atoms with Gasteiger partial charge in [-0.05, 0) is 34.8 Å². The molecule has 0 bridgehead atoms. The number of methoxy groups -OCH3 is 1. The van der Waals surface area contributed by atoms with Crippen LogP contribution in [0.2, 0.25) is 0 Å². The minimum atomic E-state index is -0.0411. The quantitative estimate of drug-likeness (QED) is 0.920. The Morgan fingerprint density at radius 2 is 2.50 bits per heavy atom. The smallest absolute Gasteiger partial charge is 0.258 e. The number of piperidine rings is 1. The maximum Gasteiger partial charge on any atom is 0.258 e. The van der Waals surface area contributed by atoms with Gasteiger partial charge >= 0.3 is 0 Å². The van der Waals surface area contributed by atoms with Gasteiger partial charge in [-0.3, -0.25) is 4.79 Å². The summed E-state index contributed by atoms with van der Waals surface area (Å²) < 4.78 is 10.9. The van der Waals surface area contributed by atoms with Crippen LogP contribution in [0.25, 0.3) is 0 Å². The largest absolute Gasteiger partial charge is 0.457 e. The van der Waals surface area contributed by atoms with Crippen LogP contribution >= 0.6 is 15.9 Å². The van der Waals surface area contributed by atoms with Crippen molar-refractivity contribution in [2.24, 2.45) is 5.73 Å². The molecule has 2 heterocycles. The van der Waals surface area contributed by atoms with E-state index in [0.29, 0.717) is 23.3 Å². The van der Waals surface area contributed by atoms with Gasteiger partial charge in [0.2, 0.25) is 0 Å². The van der Waals surface area contributed by atoms with E-state index in [1.807, 2.05) is 4.90 Å². The average Bonchev–Trinajstić information content (AvgIpc) is 2.83. The molecular formula is C12H17BrN2O3. The molecule has 1 aliphatic heterocycles. The van der Waals surface area contributed by atoms with Crippen LogP contribution in [0.3, 0.4) is 0 Å². The molecule has 1 amide bonds. The number of amides is 1. The molecule has 6 heteroatoms. The lowest BCUT2D eigenvalue weighted by Crippen LogP contribution is -2.51. The molecule has 0 spiro atoms. The molecule has 2 N–H and O–H groups in total. The van der Waals surface area contributed by atoms with Crippen molar-refractivity contribution in [2.75, 3.05) is 20.2 Å². The highest BCUT2D eigenvalue weighted by molar-refractivity contribution is 9.10. The van der Waals surface area contributed by atoms with Crippen molar-refractivity contribution >= 4 is 21.8 Å². The standard InChI is InChI=1S/C12H17BrN2O3/c1-17-9-2-4-15(8(6-9)7-14)12(16)10-3-5-18-11(10)13/h3,5,8-9H,2,4,6-7,14H2,1H3. The Morgan fingerprint density at radius 3 is 3.06 bits per heavy atom. The Hall–Kier alpha value is -0.850. The van der Waals surface area contributed by atoms with Crippen molar-refractivity contribution in [3.8, 4) is 0 Å². The minimum absolute atomic E-state index is 0.0259. The summed E-state index contributed by atoms with van der Waals surface area (Å²) in [5, 5.41) is 0. The third kappa shape index (κ3) is 2.60. The number of hydrogen-bond donors (Lipinski definition) is 1. The molecule has 5 nitrogen and oxygen atoms in total. The predicted octanol–water partition coefficient (Wildman–Crippen LogP) is 1.62. The summed E-state index contributed by atoms with van der Waals surface area (Å²) in [6.45, 7) is 1.11. The molecule has 2 atom stereocenters. The number of halogens is 1. The number of carbonyl (C=O) groups excluding carboxylic acids is 1. The first-order chi connectivity index (χ1) is 8.67. The van der Waals surface area contributed by atoms with Gasteiger partial charge in [-0.1, -0.05) is 0 Å². The fourth-order valence-corrected chi connectivity index (χ4v) is 2.73. The van der Waals surface area contributed by atoms with E-state index in [4.69, 9.17) is 14.9 Å². The number of furan rings is 1. The van der Waals surface area contributed by atoms with E-state index in [1.54, 1.807) is 13.2 Å². The molecule has 100 valence electrons. The van der Waals surface area contributed by atoms with E-state index >= 15 is 0 Å². The fourth-order valence-electron chi connectivity index (χ4n) is 2.32. The van der Waals surface area contributed by atoms with Crippen LogP contribution in [0.4, 0.5) is 0 Å². The first-order valence-corrected chi connectivity index (χ1v) is 6.73. The maximum absolute atomic E-state index is 12.4. The molecule has 1 aromatic rings. The topological polar surface area (TPSA) is 68.7 Å². The zero-order chi connectivity index (χ0) is 13.1. The highest BCUT2D eigenvalue weighted by Crippen LogP contribution is 2.25. The molecule has 1 aliphatic rings. The van der Waals surface area contributed by atoms with Crippen LogP contribution < -0.4 is 5.73 Å². The van der Waals surface area contributed by atoms with Gasteiger partial charge in [0.15, 0.2) is 4.67 Å². The summed E-state index contributed by atoms with van der Waals surface area (Å²) in [4.78, 5) is 14.2.